The molecule has 1 aliphatic heterocycles. The number of hydrogen-bond donors (Lipinski definition) is 3. The van der Waals surface area contributed by atoms with E-state index < -0.39 is 119 Å². The van der Waals surface area contributed by atoms with Gasteiger partial charge in [0.05, 0.1) is 35.6 Å². The maximum atomic E-state index is 15.8. The fourth-order valence-corrected chi connectivity index (χ4v) is 12.6. The maximum Gasteiger partial charge on any atom is 0.350 e. The Hall–Kier alpha value is -5.45. The second-order valence-electron chi connectivity index (χ2n) is 23.2. The van der Waals surface area contributed by atoms with Crippen molar-refractivity contribution in [1.82, 2.24) is 5.32 Å². The third-order valence-corrected chi connectivity index (χ3v) is 16.9. The van der Waals surface area contributed by atoms with Crippen LogP contribution in [0.3, 0.4) is 0 Å². The lowest BCUT2D eigenvalue weighted by Crippen LogP contribution is -2.82. The largest absolute Gasteiger partial charge is 0.455 e. The van der Waals surface area contributed by atoms with Gasteiger partial charge in [-0.05, 0) is 68.0 Å². The van der Waals surface area contributed by atoms with E-state index in [-0.39, 0.29) is 48.5 Å². The summed E-state index contributed by atoms with van der Waals surface area (Å²) in [7, 11) is 0. The number of nitrogens with one attached hydrogen (secondary N) is 1. The number of unbranched alkanes of at least 4 members (excludes halogenated alkanes) is 12. The van der Waals surface area contributed by atoms with Gasteiger partial charge in [-0.15, -0.1) is 0 Å². The van der Waals surface area contributed by atoms with Crippen molar-refractivity contribution in [3.8, 4) is 0 Å². The number of Topliss-reactive ketones (excluding diaryl/α,β-unsaturated/α-hetero) is 1. The van der Waals surface area contributed by atoms with Crippen molar-refractivity contribution in [2.75, 3.05) is 6.61 Å². The molecule has 2 aromatic carbocycles. The van der Waals surface area contributed by atoms with E-state index in [1.807, 2.05) is 13.8 Å². The minimum Gasteiger partial charge on any atom is -0.455 e. The van der Waals surface area contributed by atoms with Crippen molar-refractivity contribution >= 4 is 41.5 Å². The topological polar surface area (TPSA) is 227 Å². The molecule has 16 nitrogen and oxygen atoms in total. The summed E-state index contributed by atoms with van der Waals surface area (Å²) in [5, 5.41) is 29.2. The van der Waals surface area contributed by atoms with Crippen LogP contribution < -0.4 is 5.32 Å². The summed E-state index contributed by atoms with van der Waals surface area (Å²) < 4.78 is 37.1. The number of aliphatic hydroxyl groups excluding tert-OH is 1. The van der Waals surface area contributed by atoms with Crippen LogP contribution in [0.1, 0.15) is 192 Å². The van der Waals surface area contributed by atoms with Gasteiger partial charge in [0.25, 0.3) is 5.91 Å². The Morgan fingerprint density at radius 1 is 0.766 bits per heavy atom. The summed E-state index contributed by atoms with van der Waals surface area (Å²) in [6, 6.07) is 15.2. The second kappa shape index (κ2) is 26.5. The molecule has 2 aromatic rings. The zero-order valence-corrected chi connectivity index (χ0v) is 46.9. The molecule has 4 aliphatic rings. The molecule has 16 heteroatoms. The van der Waals surface area contributed by atoms with Gasteiger partial charge >= 0.3 is 29.8 Å². The average Bonchev–Trinajstić information content (AvgIpc) is 3.54. The molecule has 3 N–H and O–H groups in total. The van der Waals surface area contributed by atoms with Crippen LogP contribution >= 0.6 is 0 Å². The Balaban J connectivity index is 1.38. The standard InChI is InChI=1S/C61H85NO15/c1-10-11-12-13-14-15-16-17-18-19-20-21-28-33-48(66)75-50(44(34-38(2)3)62-55(68)42-29-24-22-25-30-42)57(70)74-45-36-61(71)54(76-56(69)43-31-26-23-27-32-43)52-59(9,46(65)35-47-60(52,37-72-47)77-41(6)64)53(67)51(73-40(5)63)49(39(45)4)58(61,7)8/h22-27,29-32,38,44-47,50-52,54,65,71H,10-21,28,33-37H2,1-9H3,(H,62,68)/t44-,45-,46-,47+,50+,51+,52-,54-,59+,60-,61+/m0/s1. The molecule has 11 atom stereocenters. The highest BCUT2D eigenvalue weighted by Crippen LogP contribution is 2.64. The Morgan fingerprint density at radius 2 is 1.32 bits per heavy atom. The second-order valence-corrected chi connectivity index (χ2v) is 23.2. The Kier molecular flexibility index (Phi) is 20.9. The van der Waals surface area contributed by atoms with Gasteiger partial charge in [-0.2, -0.15) is 0 Å². The van der Waals surface area contributed by atoms with Crippen LogP contribution in [-0.2, 0) is 52.4 Å². The molecule has 0 aromatic heterocycles. The Labute approximate surface area is 455 Å². The number of fused-ring (bicyclic) bond motifs is 5. The number of aliphatic hydroxyl groups is 2. The Bertz CT molecular complexity index is 2420. The molecule has 3 fully saturated rings. The third kappa shape index (κ3) is 13.5. The zero-order valence-electron chi connectivity index (χ0n) is 46.9. The first-order valence-electron chi connectivity index (χ1n) is 28.2. The maximum absolute atomic E-state index is 15.8. The van der Waals surface area contributed by atoms with Gasteiger partial charge in [-0.25, -0.2) is 9.59 Å². The number of ketones is 1. The van der Waals surface area contributed by atoms with Gasteiger partial charge in [-0.3, -0.25) is 24.0 Å². The summed E-state index contributed by atoms with van der Waals surface area (Å²) >= 11 is 0. The van der Waals surface area contributed by atoms with Crippen molar-refractivity contribution < 1.29 is 72.2 Å². The fourth-order valence-electron chi connectivity index (χ4n) is 12.6. The highest BCUT2D eigenvalue weighted by Gasteiger charge is 2.78. The monoisotopic (exact) mass is 1070 g/mol. The quantitative estimate of drug-likeness (QED) is 0.0345. The van der Waals surface area contributed by atoms with Crippen molar-refractivity contribution in [3.05, 3.63) is 82.9 Å². The van der Waals surface area contributed by atoms with E-state index in [0.29, 0.717) is 12.0 Å². The lowest BCUT2D eigenvalue weighted by Gasteiger charge is -2.67. The number of carbonyl (C=O) groups excluding carboxylic acids is 7. The molecule has 0 radical (unpaired) electrons. The van der Waals surface area contributed by atoms with Gasteiger partial charge in [0.1, 0.15) is 23.9 Å². The lowest BCUT2D eigenvalue weighted by molar-refractivity contribution is -0.346. The average molecular weight is 1070 g/mol. The van der Waals surface area contributed by atoms with Crippen molar-refractivity contribution in [1.29, 1.82) is 0 Å². The molecule has 1 heterocycles. The number of esters is 5. The number of carbonyl (C=O) groups is 7. The lowest BCUT2D eigenvalue weighted by atomic mass is 9.44. The summed E-state index contributed by atoms with van der Waals surface area (Å²) in [5.74, 6) is -7.44. The van der Waals surface area contributed by atoms with E-state index in [9.17, 15) is 34.2 Å². The molecule has 2 bridgehead atoms. The molecule has 424 valence electrons. The molecule has 2 saturated carbocycles. The van der Waals surface area contributed by atoms with Crippen LogP contribution in [-0.4, -0.2) is 112 Å². The summed E-state index contributed by atoms with van der Waals surface area (Å²) in [4.78, 5) is 99.8. The molecular formula is C61H85NO15. The number of rotatable bonds is 26. The minimum absolute atomic E-state index is 0.00947. The van der Waals surface area contributed by atoms with Crippen molar-refractivity contribution in [2.24, 2.45) is 22.7 Å². The van der Waals surface area contributed by atoms with E-state index in [2.05, 4.69) is 12.2 Å². The van der Waals surface area contributed by atoms with Crippen LogP contribution in [0, 0.1) is 22.7 Å². The molecular weight excluding hydrogens is 987 g/mol. The number of ether oxygens (including phenoxy) is 6. The normalized spacial score (nSPS) is 28.0. The van der Waals surface area contributed by atoms with Gasteiger partial charge in [-0.1, -0.05) is 148 Å². The van der Waals surface area contributed by atoms with Gasteiger partial charge < -0.3 is 44.0 Å². The minimum atomic E-state index is -2.41. The highest BCUT2D eigenvalue weighted by atomic mass is 16.6. The van der Waals surface area contributed by atoms with Crippen molar-refractivity contribution in [2.45, 2.75) is 225 Å². The van der Waals surface area contributed by atoms with Crippen molar-refractivity contribution in [3.63, 3.8) is 0 Å². The van der Waals surface area contributed by atoms with Crippen LogP contribution in [0.5, 0.6) is 0 Å². The fraction of sp³-hybridized carbons (Fsp3) is 0.656. The zero-order chi connectivity index (χ0) is 56.3. The molecule has 1 saturated heterocycles. The molecule has 0 spiro atoms. The number of benzene rings is 2. The summed E-state index contributed by atoms with van der Waals surface area (Å²) in [6.45, 7) is 14.1. The first-order valence-corrected chi connectivity index (χ1v) is 28.2. The predicted molar refractivity (Wildman–Crippen MR) is 286 cm³/mol. The smallest absolute Gasteiger partial charge is 0.350 e. The first kappa shape index (κ1) is 60.8. The SMILES string of the molecule is CCCCCCCCCCCCCCCC(=O)O[C@@H](C(=O)O[C@H]1C[C@@]2(O)[C@@H](OC(=O)c3ccccc3)[C@@H]3[C@]4(OC(C)=O)CO[C@@H]4C[C@H](O)[C@@]3(C)C(=O)[C@H](OC(C)=O)C(=C1C)C2(C)C)[C@H](CC(C)C)NC(=O)c1ccccc1. The number of hydrogen-bond acceptors (Lipinski definition) is 15. The summed E-state index contributed by atoms with van der Waals surface area (Å²) in [5.41, 5.74) is -7.37. The molecule has 1 amide bonds. The van der Waals surface area contributed by atoms with Gasteiger partial charge in [0.15, 0.2) is 17.5 Å². The van der Waals surface area contributed by atoms with E-state index in [4.69, 9.17) is 28.4 Å². The Morgan fingerprint density at radius 3 is 1.84 bits per heavy atom. The molecule has 6 rings (SSSR count). The van der Waals surface area contributed by atoms with E-state index in [1.165, 1.54) is 77.3 Å². The van der Waals surface area contributed by atoms with E-state index in [0.717, 1.165) is 32.6 Å². The van der Waals surface area contributed by atoms with E-state index in [1.54, 1.807) is 69.3 Å². The van der Waals surface area contributed by atoms with Gasteiger partial charge in [0, 0.05) is 44.1 Å². The van der Waals surface area contributed by atoms with Gasteiger partial charge in [0.2, 0.25) is 6.10 Å². The summed E-state index contributed by atoms with van der Waals surface area (Å²) in [6.07, 6.45) is 4.29. The molecule has 3 aliphatic carbocycles. The number of amides is 1. The highest BCUT2D eigenvalue weighted by molar-refractivity contribution is 5.96. The molecule has 0 unspecified atom stereocenters. The van der Waals surface area contributed by atoms with Crippen LogP contribution in [0.25, 0.3) is 0 Å². The molecule has 77 heavy (non-hydrogen) atoms. The van der Waals surface area contributed by atoms with E-state index >= 15 is 9.59 Å². The third-order valence-electron chi connectivity index (χ3n) is 16.9. The first-order chi connectivity index (χ1) is 36.5. The van der Waals surface area contributed by atoms with Crippen LogP contribution in [0.4, 0.5) is 0 Å². The van der Waals surface area contributed by atoms with Crippen LogP contribution in [0.2, 0.25) is 0 Å². The van der Waals surface area contributed by atoms with Crippen LogP contribution in [0.15, 0.2) is 71.8 Å². The predicted octanol–water partition coefficient (Wildman–Crippen LogP) is 9.44.